The van der Waals surface area contributed by atoms with Gasteiger partial charge in [-0.1, -0.05) is 48.9 Å². The molecule has 0 amide bonds. The van der Waals surface area contributed by atoms with E-state index >= 15 is 0 Å². The van der Waals surface area contributed by atoms with Crippen molar-refractivity contribution in [3.05, 3.63) is 65.2 Å². The van der Waals surface area contributed by atoms with Crippen LogP contribution in [0.5, 0.6) is 5.75 Å². The Morgan fingerprint density at radius 3 is 2.42 bits per heavy atom. The number of ether oxygens (including phenoxy) is 1. The molecule has 3 heteroatoms. The quantitative estimate of drug-likeness (QED) is 0.776. The van der Waals surface area contributed by atoms with Gasteiger partial charge in [-0.25, -0.2) is 0 Å². The molecular formula is C21H26ClNO. The van der Waals surface area contributed by atoms with E-state index in [1.807, 2.05) is 0 Å². The molecule has 2 aromatic carbocycles. The first kappa shape index (κ1) is 17.3. The van der Waals surface area contributed by atoms with Crippen LogP contribution in [0.3, 0.4) is 0 Å². The molecule has 0 N–H and O–H groups in total. The van der Waals surface area contributed by atoms with Gasteiger partial charge in [0, 0.05) is 19.4 Å². The second-order valence-corrected chi connectivity index (χ2v) is 6.78. The molecule has 24 heavy (non-hydrogen) atoms. The van der Waals surface area contributed by atoms with Crippen molar-refractivity contribution in [2.24, 2.45) is 0 Å². The van der Waals surface area contributed by atoms with Crippen molar-refractivity contribution in [2.75, 3.05) is 19.6 Å². The molecule has 2 heterocycles. The van der Waals surface area contributed by atoms with Crippen LogP contribution in [-0.2, 0) is 6.42 Å². The maximum atomic E-state index is 6.45. The third kappa shape index (κ3) is 3.76. The van der Waals surface area contributed by atoms with Gasteiger partial charge >= 0.3 is 0 Å². The molecule has 1 saturated heterocycles. The summed E-state index contributed by atoms with van der Waals surface area (Å²) < 4.78 is 6.45. The normalized spacial score (nSPS) is 20.1. The van der Waals surface area contributed by atoms with Gasteiger partial charge in [0.1, 0.15) is 11.9 Å². The molecular weight excluding hydrogens is 318 g/mol. The first-order valence-electron chi connectivity index (χ1n) is 8.95. The summed E-state index contributed by atoms with van der Waals surface area (Å²) in [5.41, 5.74) is 4.10. The minimum absolute atomic E-state index is 0. The number of nitrogens with zero attached hydrogens (tertiary/aromatic N) is 1. The zero-order valence-electron chi connectivity index (χ0n) is 14.1. The molecule has 0 saturated carbocycles. The van der Waals surface area contributed by atoms with Crippen LogP contribution in [0.15, 0.2) is 48.5 Å². The van der Waals surface area contributed by atoms with Gasteiger partial charge in [0.15, 0.2) is 0 Å². The Bertz CT molecular complexity index is 666. The van der Waals surface area contributed by atoms with Crippen molar-refractivity contribution in [3.63, 3.8) is 0 Å². The van der Waals surface area contributed by atoms with Crippen molar-refractivity contribution in [2.45, 2.75) is 38.2 Å². The number of likely N-dealkylation sites (tertiary alicyclic amines) is 1. The fraction of sp³-hybridized carbons (Fsp3) is 0.429. The summed E-state index contributed by atoms with van der Waals surface area (Å²) in [4.78, 5) is 2.60. The van der Waals surface area contributed by atoms with E-state index in [-0.39, 0.29) is 18.5 Å². The van der Waals surface area contributed by atoms with E-state index in [1.165, 1.54) is 49.0 Å². The van der Waals surface area contributed by atoms with Crippen LogP contribution < -0.4 is 4.74 Å². The minimum Gasteiger partial charge on any atom is -0.485 e. The number of piperidine rings is 1. The van der Waals surface area contributed by atoms with E-state index in [1.54, 1.807) is 0 Å². The van der Waals surface area contributed by atoms with Gasteiger partial charge in [0.05, 0.1) is 0 Å². The maximum Gasteiger partial charge on any atom is 0.125 e. The molecule has 2 aromatic rings. The summed E-state index contributed by atoms with van der Waals surface area (Å²) in [5, 5.41) is 0. The third-order valence-electron chi connectivity index (χ3n) is 5.18. The smallest absolute Gasteiger partial charge is 0.125 e. The zero-order valence-corrected chi connectivity index (χ0v) is 14.9. The fourth-order valence-electron chi connectivity index (χ4n) is 3.89. The number of hydrogen-bond acceptors (Lipinski definition) is 2. The minimum atomic E-state index is 0. The molecule has 0 bridgehead atoms. The Hall–Kier alpha value is -1.51. The van der Waals surface area contributed by atoms with Crippen molar-refractivity contribution < 1.29 is 4.74 Å². The Balaban J connectivity index is 0.00000169. The predicted molar refractivity (Wildman–Crippen MR) is 101 cm³/mol. The van der Waals surface area contributed by atoms with E-state index < -0.39 is 0 Å². The van der Waals surface area contributed by atoms with Crippen LogP contribution >= 0.6 is 12.4 Å². The highest BCUT2D eigenvalue weighted by atomic mass is 35.5. The van der Waals surface area contributed by atoms with Gasteiger partial charge in [-0.2, -0.15) is 0 Å². The lowest BCUT2D eigenvalue weighted by atomic mass is 9.96. The van der Waals surface area contributed by atoms with E-state index in [2.05, 4.69) is 53.4 Å². The second kappa shape index (κ2) is 8.04. The van der Waals surface area contributed by atoms with Gasteiger partial charge in [0.2, 0.25) is 0 Å². The molecule has 2 aliphatic rings. The van der Waals surface area contributed by atoms with Crippen molar-refractivity contribution in [3.8, 4) is 5.75 Å². The Kier molecular flexibility index (Phi) is 5.80. The van der Waals surface area contributed by atoms with Crippen LogP contribution in [0.1, 0.15) is 48.5 Å². The molecule has 0 aliphatic carbocycles. The van der Waals surface area contributed by atoms with Gasteiger partial charge in [-0.3, -0.25) is 0 Å². The van der Waals surface area contributed by atoms with E-state index in [0.717, 1.165) is 25.1 Å². The van der Waals surface area contributed by atoms with Crippen molar-refractivity contribution in [1.29, 1.82) is 0 Å². The molecule has 2 nitrogen and oxygen atoms in total. The van der Waals surface area contributed by atoms with E-state index in [0.29, 0.717) is 0 Å². The van der Waals surface area contributed by atoms with Crippen LogP contribution in [-0.4, -0.2) is 24.5 Å². The molecule has 4 rings (SSSR count). The Labute approximate surface area is 151 Å². The highest BCUT2D eigenvalue weighted by molar-refractivity contribution is 5.85. The average Bonchev–Trinajstić information content (AvgIpc) is 2.77. The Morgan fingerprint density at radius 2 is 1.58 bits per heavy atom. The predicted octanol–water partition coefficient (Wildman–Crippen LogP) is 5.01. The lowest BCUT2D eigenvalue weighted by Crippen LogP contribution is -2.31. The second-order valence-electron chi connectivity index (χ2n) is 6.78. The maximum absolute atomic E-state index is 6.45. The average molecular weight is 344 g/mol. The Morgan fingerprint density at radius 1 is 0.875 bits per heavy atom. The number of hydrogen-bond donors (Lipinski definition) is 0. The molecule has 0 aromatic heterocycles. The molecule has 1 atom stereocenters. The number of halogens is 1. The van der Waals surface area contributed by atoms with Gasteiger partial charge in [-0.15, -0.1) is 12.4 Å². The number of rotatable bonds is 3. The summed E-state index contributed by atoms with van der Waals surface area (Å²) in [5.74, 6) is 1.06. The summed E-state index contributed by atoms with van der Waals surface area (Å²) in [6, 6.07) is 17.3. The molecule has 2 aliphatic heterocycles. The highest BCUT2D eigenvalue weighted by Crippen LogP contribution is 2.35. The van der Waals surface area contributed by atoms with Gasteiger partial charge < -0.3 is 9.64 Å². The molecule has 0 radical (unpaired) electrons. The lowest BCUT2D eigenvalue weighted by molar-refractivity contribution is 0.153. The third-order valence-corrected chi connectivity index (χ3v) is 5.18. The number of para-hydroxylation sites is 1. The zero-order chi connectivity index (χ0) is 15.5. The van der Waals surface area contributed by atoms with E-state index in [9.17, 15) is 0 Å². The standard InChI is InChI=1S/C21H25NO.ClH/c1-6-13-22(14-7-1)15-12-21-19-10-4-2-8-17(19)16-18-9-3-5-11-20(18)23-21;/h2-5,8-11,21H,1,6-7,12-16H2;1H. The van der Waals surface area contributed by atoms with Gasteiger partial charge in [0.25, 0.3) is 0 Å². The fourth-order valence-corrected chi connectivity index (χ4v) is 3.89. The van der Waals surface area contributed by atoms with Crippen LogP contribution in [0.2, 0.25) is 0 Å². The molecule has 1 fully saturated rings. The number of fused-ring (bicyclic) bond motifs is 2. The largest absolute Gasteiger partial charge is 0.485 e. The van der Waals surface area contributed by atoms with Crippen LogP contribution in [0.4, 0.5) is 0 Å². The van der Waals surface area contributed by atoms with Gasteiger partial charge in [-0.05, 0) is 48.7 Å². The monoisotopic (exact) mass is 343 g/mol. The first-order valence-corrected chi connectivity index (χ1v) is 8.95. The summed E-state index contributed by atoms with van der Waals surface area (Å²) in [6.45, 7) is 3.65. The van der Waals surface area contributed by atoms with Crippen LogP contribution in [0, 0.1) is 0 Å². The molecule has 128 valence electrons. The van der Waals surface area contributed by atoms with E-state index in [4.69, 9.17) is 4.74 Å². The topological polar surface area (TPSA) is 12.5 Å². The SMILES string of the molecule is Cl.c1ccc2c(c1)Cc1ccccc1C(CCN1CCCCC1)O2. The van der Waals surface area contributed by atoms with Crippen molar-refractivity contribution in [1.82, 2.24) is 4.90 Å². The van der Waals surface area contributed by atoms with Crippen LogP contribution in [0.25, 0.3) is 0 Å². The summed E-state index contributed by atoms with van der Waals surface area (Å²) in [6.07, 6.45) is 6.33. The summed E-state index contributed by atoms with van der Waals surface area (Å²) in [7, 11) is 0. The highest BCUT2D eigenvalue weighted by Gasteiger charge is 2.23. The first-order chi connectivity index (χ1) is 11.4. The summed E-state index contributed by atoms with van der Waals surface area (Å²) >= 11 is 0. The van der Waals surface area contributed by atoms with Crippen molar-refractivity contribution >= 4 is 12.4 Å². The lowest BCUT2D eigenvalue weighted by Gasteiger charge is -2.28. The number of benzene rings is 2. The molecule has 0 spiro atoms. The molecule has 1 unspecified atom stereocenters.